The Morgan fingerprint density at radius 3 is 2.65 bits per heavy atom. The topological polar surface area (TPSA) is 35.6 Å². The van der Waals surface area contributed by atoms with Crippen LogP contribution in [0, 0.1) is 0 Å². The number of para-hydroxylation sites is 1. The van der Waals surface area contributed by atoms with E-state index in [1.54, 1.807) is 0 Å². The molecule has 0 atom stereocenters. The zero-order chi connectivity index (χ0) is 18.5. The van der Waals surface area contributed by atoms with Gasteiger partial charge in [-0.1, -0.05) is 42.5 Å². The summed E-state index contributed by atoms with van der Waals surface area (Å²) in [7, 11) is 0. The molecule has 0 bridgehead atoms. The highest BCUT2D eigenvalue weighted by atomic mass is 16.2. The Morgan fingerprint density at radius 2 is 1.92 bits per heavy atom. The Kier molecular flexibility index (Phi) is 5.94. The molecule has 0 saturated carbocycles. The molecule has 2 aliphatic rings. The number of carbonyl (C=O) groups excluding carboxylic acids is 1. The van der Waals surface area contributed by atoms with Crippen LogP contribution in [0.4, 0.5) is 5.69 Å². The second-order valence-electron chi connectivity index (χ2n) is 7.19. The Bertz CT molecular complexity index is 727. The average molecular weight is 351 g/mol. The maximum Gasteiger partial charge on any atom is 0.238 e. The van der Waals surface area contributed by atoms with Gasteiger partial charge in [-0.15, -0.1) is 0 Å². The molecular weight excluding hydrogens is 322 g/mol. The van der Waals surface area contributed by atoms with Crippen LogP contribution in [-0.4, -0.2) is 41.4 Å². The Balaban J connectivity index is 1.60. The van der Waals surface area contributed by atoms with Gasteiger partial charge in [0.25, 0.3) is 0 Å². The van der Waals surface area contributed by atoms with Gasteiger partial charge < -0.3 is 10.2 Å². The minimum atomic E-state index is 0.0894. The summed E-state index contributed by atoms with van der Waals surface area (Å²) in [6.07, 6.45) is 8.43. The summed E-state index contributed by atoms with van der Waals surface area (Å²) in [6, 6.07) is 8.56. The van der Waals surface area contributed by atoms with Crippen LogP contribution in [0.3, 0.4) is 0 Å². The summed E-state index contributed by atoms with van der Waals surface area (Å²) in [5.41, 5.74) is 4.48. The molecule has 1 fully saturated rings. The van der Waals surface area contributed by atoms with Crippen LogP contribution in [0.25, 0.3) is 0 Å². The number of amides is 1. The number of anilines is 1. The van der Waals surface area contributed by atoms with Crippen LogP contribution in [0.2, 0.25) is 0 Å². The van der Waals surface area contributed by atoms with Gasteiger partial charge in [0.15, 0.2) is 0 Å². The molecule has 2 aliphatic heterocycles. The molecule has 1 saturated heterocycles. The molecule has 1 aromatic rings. The number of nitrogens with one attached hydrogen (secondary N) is 1. The van der Waals surface area contributed by atoms with E-state index in [-0.39, 0.29) is 5.91 Å². The zero-order valence-corrected chi connectivity index (χ0v) is 15.9. The van der Waals surface area contributed by atoms with Crippen LogP contribution in [-0.2, 0) is 11.3 Å². The second-order valence-corrected chi connectivity index (χ2v) is 7.19. The molecule has 4 nitrogen and oxygen atoms in total. The molecule has 0 aromatic heterocycles. The van der Waals surface area contributed by atoms with Gasteiger partial charge in [0, 0.05) is 37.1 Å². The van der Waals surface area contributed by atoms with Gasteiger partial charge in [-0.3, -0.25) is 9.69 Å². The molecule has 0 aliphatic carbocycles. The highest BCUT2D eigenvalue weighted by Crippen LogP contribution is 2.26. The summed E-state index contributed by atoms with van der Waals surface area (Å²) in [6.45, 7) is 11.6. The van der Waals surface area contributed by atoms with Crippen molar-refractivity contribution in [2.45, 2.75) is 39.3 Å². The maximum atomic E-state index is 12.3. The van der Waals surface area contributed by atoms with Gasteiger partial charge in [-0.2, -0.15) is 0 Å². The van der Waals surface area contributed by atoms with Crippen molar-refractivity contribution < 1.29 is 4.79 Å². The lowest BCUT2D eigenvalue weighted by atomic mass is 10.0. The first-order chi connectivity index (χ1) is 12.6. The Hall–Kier alpha value is -2.33. The normalized spacial score (nSPS) is 20.0. The lowest BCUT2D eigenvalue weighted by Crippen LogP contribution is -2.45. The number of likely N-dealkylation sites (tertiary alicyclic amines) is 1. The van der Waals surface area contributed by atoms with Crippen LogP contribution >= 0.6 is 0 Å². The van der Waals surface area contributed by atoms with Gasteiger partial charge in [0.05, 0.1) is 6.54 Å². The maximum absolute atomic E-state index is 12.3. The number of fused-ring (bicyclic) bond motifs is 1. The SMILES string of the molecule is C=C(/C=C\C(C)=C/C)N1CCC(N2CC(=O)Nc3ccccc3C2)CC1. The quantitative estimate of drug-likeness (QED) is 0.835. The number of hydrogen-bond acceptors (Lipinski definition) is 3. The minimum Gasteiger partial charge on any atom is -0.372 e. The molecule has 1 N–H and O–H groups in total. The largest absolute Gasteiger partial charge is 0.372 e. The van der Waals surface area contributed by atoms with Crippen LogP contribution < -0.4 is 5.32 Å². The van der Waals surface area contributed by atoms with E-state index >= 15 is 0 Å². The fourth-order valence-electron chi connectivity index (χ4n) is 3.63. The third-order valence-electron chi connectivity index (χ3n) is 5.39. The molecule has 138 valence electrons. The van der Waals surface area contributed by atoms with Crippen LogP contribution in [0.1, 0.15) is 32.3 Å². The predicted octanol–water partition coefficient (Wildman–Crippen LogP) is 3.94. The van der Waals surface area contributed by atoms with Gasteiger partial charge in [0.2, 0.25) is 5.91 Å². The fourth-order valence-corrected chi connectivity index (χ4v) is 3.63. The molecule has 0 radical (unpaired) electrons. The van der Waals surface area contributed by atoms with E-state index in [4.69, 9.17) is 0 Å². The molecule has 0 spiro atoms. The molecule has 1 aromatic carbocycles. The van der Waals surface area contributed by atoms with E-state index in [0.29, 0.717) is 12.6 Å². The third kappa shape index (κ3) is 4.44. The van der Waals surface area contributed by atoms with Gasteiger partial charge >= 0.3 is 0 Å². The van der Waals surface area contributed by atoms with Crippen molar-refractivity contribution in [1.29, 1.82) is 0 Å². The first-order valence-electron chi connectivity index (χ1n) is 9.43. The molecule has 1 amide bonds. The molecular formula is C22H29N3O. The molecule has 4 heteroatoms. The van der Waals surface area contributed by atoms with Crippen molar-refractivity contribution in [3.05, 3.63) is 65.9 Å². The molecule has 26 heavy (non-hydrogen) atoms. The van der Waals surface area contributed by atoms with Gasteiger partial charge in [0.1, 0.15) is 0 Å². The summed E-state index contributed by atoms with van der Waals surface area (Å²) >= 11 is 0. The van der Waals surface area contributed by atoms with Crippen molar-refractivity contribution >= 4 is 11.6 Å². The summed E-state index contributed by atoms with van der Waals surface area (Å²) < 4.78 is 0. The lowest BCUT2D eigenvalue weighted by Gasteiger charge is -2.39. The first-order valence-corrected chi connectivity index (χ1v) is 9.43. The summed E-state index contributed by atoms with van der Waals surface area (Å²) in [4.78, 5) is 16.9. The Morgan fingerprint density at radius 1 is 1.19 bits per heavy atom. The van der Waals surface area contributed by atoms with E-state index < -0.39 is 0 Å². The number of carbonyl (C=O) groups is 1. The smallest absolute Gasteiger partial charge is 0.238 e. The van der Waals surface area contributed by atoms with Crippen molar-refractivity contribution in [3.63, 3.8) is 0 Å². The van der Waals surface area contributed by atoms with Gasteiger partial charge in [-0.25, -0.2) is 0 Å². The number of hydrogen-bond donors (Lipinski definition) is 1. The van der Waals surface area contributed by atoms with E-state index in [2.05, 4.69) is 52.9 Å². The second kappa shape index (κ2) is 8.37. The molecule has 3 rings (SSSR count). The average Bonchev–Trinajstić information content (AvgIpc) is 2.83. The van der Waals surface area contributed by atoms with Crippen molar-refractivity contribution in [2.75, 3.05) is 25.0 Å². The first kappa shape index (κ1) is 18.5. The number of nitrogens with zero attached hydrogens (tertiary/aromatic N) is 2. The van der Waals surface area contributed by atoms with Crippen molar-refractivity contribution in [1.82, 2.24) is 9.80 Å². The highest BCUT2D eigenvalue weighted by Gasteiger charge is 2.28. The van der Waals surface area contributed by atoms with Crippen LogP contribution in [0.15, 0.2) is 60.3 Å². The number of benzene rings is 1. The van der Waals surface area contributed by atoms with Crippen molar-refractivity contribution in [3.8, 4) is 0 Å². The van der Waals surface area contributed by atoms with E-state index in [1.165, 1.54) is 11.1 Å². The van der Waals surface area contributed by atoms with Crippen LogP contribution in [0.5, 0.6) is 0 Å². The summed E-state index contributed by atoms with van der Waals surface area (Å²) in [5.74, 6) is 0.0894. The molecule has 0 unspecified atom stereocenters. The van der Waals surface area contributed by atoms with Crippen molar-refractivity contribution in [2.24, 2.45) is 0 Å². The third-order valence-corrected chi connectivity index (χ3v) is 5.39. The Labute approximate surface area is 156 Å². The lowest BCUT2D eigenvalue weighted by molar-refractivity contribution is -0.118. The number of piperidine rings is 1. The molecule has 2 heterocycles. The predicted molar refractivity (Wildman–Crippen MR) is 108 cm³/mol. The van der Waals surface area contributed by atoms with E-state index in [0.717, 1.165) is 43.9 Å². The summed E-state index contributed by atoms with van der Waals surface area (Å²) in [5, 5.41) is 3.03. The van der Waals surface area contributed by atoms with Gasteiger partial charge in [-0.05, 0) is 44.4 Å². The zero-order valence-electron chi connectivity index (χ0n) is 15.9. The number of allylic oxidation sites excluding steroid dienone is 4. The minimum absolute atomic E-state index is 0.0894. The highest BCUT2D eigenvalue weighted by molar-refractivity contribution is 5.93. The monoisotopic (exact) mass is 351 g/mol. The number of rotatable bonds is 4. The van der Waals surface area contributed by atoms with E-state index in [9.17, 15) is 4.79 Å². The standard InChI is InChI=1S/C22H29N3O/c1-4-17(2)9-10-18(3)24-13-11-20(12-14-24)25-15-19-7-5-6-8-21(19)23-22(26)16-25/h4-10,20H,3,11-16H2,1-2H3,(H,23,26)/b10-9-,17-4-. The van der Waals surface area contributed by atoms with E-state index in [1.807, 2.05) is 25.1 Å². The fraction of sp³-hybridized carbons (Fsp3) is 0.409.